The Morgan fingerprint density at radius 1 is 1.50 bits per heavy atom. The van der Waals surface area contributed by atoms with Crippen molar-refractivity contribution >= 4 is 33.3 Å². The van der Waals surface area contributed by atoms with Crippen molar-refractivity contribution in [2.45, 2.75) is 31.7 Å². The molecule has 7 nitrogen and oxygen atoms in total. The van der Waals surface area contributed by atoms with E-state index in [1.54, 1.807) is 0 Å². The lowest BCUT2D eigenvalue weighted by molar-refractivity contribution is -0.385. The highest BCUT2D eigenvalue weighted by atomic mass is 79.9. The molecule has 1 aliphatic carbocycles. The number of rotatable bonds is 4. The number of hydrogen-bond donors (Lipinski definition) is 2. The SMILES string of the molecule is NC(=O)[C@H]1CCCC[C@H]1Nc1ncc([N+](=O)[O-])cc1Br. The first-order valence-corrected chi connectivity index (χ1v) is 7.14. The third-order valence-corrected chi connectivity index (χ3v) is 4.10. The molecule has 0 spiro atoms. The minimum absolute atomic E-state index is 0.0773. The van der Waals surface area contributed by atoms with Crippen molar-refractivity contribution in [3.8, 4) is 0 Å². The van der Waals surface area contributed by atoms with Gasteiger partial charge in [0.1, 0.15) is 12.0 Å². The van der Waals surface area contributed by atoms with Crippen LogP contribution in [0.1, 0.15) is 25.7 Å². The molecule has 1 fully saturated rings. The highest BCUT2D eigenvalue weighted by Gasteiger charge is 2.30. The Bertz CT molecular complexity index is 537. The number of halogens is 1. The molecule has 20 heavy (non-hydrogen) atoms. The van der Waals surface area contributed by atoms with Crippen LogP contribution in [0.5, 0.6) is 0 Å². The molecule has 8 heteroatoms. The van der Waals surface area contributed by atoms with Gasteiger partial charge in [-0.2, -0.15) is 0 Å². The average molecular weight is 343 g/mol. The predicted molar refractivity (Wildman–Crippen MR) is 77.2 cm³/mol. The number of primary amides is 1. The second-order valence-electron chi connectivity index (χ2n) is 4.83. The van der Waals surface area contributed by atoms with Crippen LogP contribution in [0.3, 0.4) is 0 Å². The van der Waals surface area contributed by atoms with Crippen molar-refractivity contribution in [3.63, 3.8) is 0 Å². The third kappa shape index (κ3) is 3.24. The van der Waals surface area contributed by atoms with E-state index in [1.807, 2.05) is 0 Å². The second kappa shape index (κ2) is 6.17. The van der Waals surface area contributed by atoms with Gasteiger partial charge < -0.3 is 11.1 Å². The zero-order valence-corrected chi connectivity index (χ0v) is 12.3. The fourth-order valence-electron chi connectivity index (χ4n) is 2.45. The number of nitrogens with zero attached hydrogens (tertiary/aromatic N) is 2. The molecule has 1 aromatic heterocycles. The molecular weight excluding hydrogens is 328 g/mol. The molecule has 3 N–H and O–H groups in total. The highest BCUT2D eigenvalue weighted by molar-refractivity contribution is 9.10. The van der Waals surface area contributed by atoms with Gasteiger partial charge in [-0.1, -0.05) is 12.8 Å². The molecule has 2 rings (SSSR count). The van der Waals surface area contributed by atoms with Crippen molar-refractivity contribution < 1.29 is 9.72 Å². The summed E-state index contributed by atoms with van der Waals surface area (Å²) < 4.78 is 0.500. The van der Waals surface area contributed by atoms with Crippen LogP contribution in [0.2, 0.25) is 0 Å². The van der Waals surface area contributed by atoms with Crippen LogP contribution in [0.15, 0.2) is 16.7 Å². The summed E-state index contributed by atoms with van der Waals surface area (Å²) in [5.74, 6) is -0.0540. The van der Waals surface area contributed by atoms with E-state index in [0.717, 1.165) is 25.7 Å². The molecular formula is C12H15BrN4O3. The zero-order chi connectivity index (χ0) is 14.7. The number of anilines is 1. The summed E-state index contributed by atoms with van der Waals surface area (Å²) >= 11 is 3.25. The molecule has 2 atom stereocenters. The monoisotopic (exact) mass is 342 g/mol. The minimum Gasteiger partial charge on any atom is -0.369 e. The smallest absolute Gasteiger partial charge is 0.288 e. The molecule has 0 bridgehead atoms. The molecule has 1 saturated carbocycles. The van der Waals surface area contributed by atoms with Gasteiger partial charge in [0, 0.05) is 12.1 Å². The number of hydrogen-bond acceptors (Lipinski definition) is 5. The molecule has 0 saturated heterocycles. The number of amides is 1. The van der Waals surface area contributed by atoms with Crippen LogP contribution in [-0.4, -0.2) is 21.9 Å². The first kappa shape index (κ1) is 14.7. The highest BCUT2D eigenvalue weighted by Crippen LogP contribution is 2.30. The van der Waals surface area contributed by atoms with Gasteiger partial charge in [0.05, 0.1) is 15.3 Å². The summed E-state index contributed by atoms with van der Waals surface area (Å²) in [5.41, 5.74) is 5.33. The van der Waals surface area contributed by atoms with Gasteiger partial charge in [0.25, 0.3) is 5.69 Å². The van der Waals surface area contributed by atoms with E-state index in [9.17, 15) is 14.9 Å². The predicted octanol–water partition coefficient (Wildman–Crippen LogP) is 2.21. The quantitative estimate of drug-likeness (QED) is 0.643. The van der Waals surface area contributed by atoms with Crippen molar-refractivity contribution in [1.29, 1.82) is 0 Å². The topological polar surface area (TPSA) is 111 Å². The Morgan fingerprint density at radius 3 is 2.80 bits per heavy atom. The number of nitro groups is 1. The summed E-state index contributed by atoms with van der Waals surface area (Å²) in [6.45, 7) is 0. The van der Waals surface area contributed by atoms with E-state index in [1.165, 1.54) is 12.3 Å². The van der Waals surface area contributed by atoms with E-state index < -0.39 is 4.92 Å². The van der Waals surface area contributed by atoms with E-state index in [4.69, 9.17) is 5.73 Å². The number of aromatic nitrogens is 1. The van der Waals surface area contributed by atoms with Crippen LogP contribution < -0.4 is 11.1 Å². The van der Waals surface area contributed by atoms with Gasteiger partial charge in [-0.15, -0.1) is 0 Å². The van der Waals surface area contributed by atoms with Gasteiger partial charge in [-0.3, -0.25) is 14.9 Å². The van der Waals surface area contributed by atoms with Crippen molar-refractivity contribution in [1.82, 2.24) is 4.98 Å². The summed E-state index contributed by atoms with van der Waals surface area (Å²) in [6, 6.07) is 1.31. The Morgan fingerprint density at radius 2 is 2.20 bits per heavy atom. The third-order valence-electron chi connectivity index (χ3n) is 3.49. The van der Waals surface area contributed by atoms with Gasteiger partial charge in [-0.05, 0) is 28.8 Å². The maximum atomic E-state index is 11.4. The number of pyridine rings is 1. The molecule has 0 unspecified atom stereocenters. The van der Waals surface area contributed by atoms with E-state index in [-0.39, 0.29) is 23.6 Å². The molecule has 1 aliphatic rings. The molecule has 0 radical (unpaired) electrons. The molecule has 0 aliphatic heterocycles. The molecule has 0 aromatic carbocycles. The molecule has 1 heterocycles. The number of nitrogens with one attached hydrogen (secondary N) is 1. The fourth-order valence-corrected chi connectivity index (χ4v) is 2.91. The Kier molecular flexibility index (Phi) is 4.53. The summed E-state index contributed by atoms with van der Waals surface area (Å²) in [4.78, 5) is 25.6. The summed E-state index contributed by atoms with van der Waals surface area (Å²) in [5, 5.41) is 13.8. The van der Waals surface area contributed by atoms with Crippen molar-refractivity contribution in [2.75, 3.05) is 5.32 Å². The van der Waals surface area contributed by atoms with Crippen LogP contribution in [0.25, 0.3) is 0 Å². The largest absolute Gasteiger partial charge is 0.369 e. The number of carbonyl (C=O) groups excluding carboxylic acids is 1. The maximum Gasteiger partial charge on any atom is 0.288 e. The molecule has 1 amide bonds. The Balaban J connectivity index is 2.16. The lowest BCUT2D eigenvalue weighted by Crippen LogP contribution is -2.40. The maximum absolute atomic E-state index is 11.4. The average Bonchev–Trinajstić information content (AvgIpc) is 2.41. The van der Waals surface area contributed by atoms with Gasteiger partial charge in [-0.25, -0.2) is 4.98 Å². The van der Waals surface area contributed by atoms with Crippen LogP contribution in [0, 0.1) is 16.0 Å². The second-order valence-corrected chi connectivity index (χ2v) is 5.68. The first-order valence-electron chi connectivity index (χ1n) is 6.35. The number of carbonyl (C=O) groups is 1. The van der Waals surface area contributed by atoms with Crippen LogP contribution in [0.4, 0.5) is 11.5 Å². The lowest BCUT2D eigenvalue weighted by atomic mass is 9.84. The minimum atomic E-state index is -0.506. The van der Waals surface area contributed by atoms with E-state index in [0.29, 0.717) is 10.3 Å². The summed E-state index contributed by atoms with van der Waals surface area (Å²) in [7, 11) is 0. The fraction of sp³-hybridized carbons (Fsp3) is 0.500. The van der Waals surface area contributed by atoms with Crippen molar-refractivity contribution in [2.24, 2.45) is 11.7 Å². The normalized spacial score (nSPS) is 22.2. The zero-order valence-electron chi connectivity index (χ0n) is 10.7. The molecule has 1 aromatic rings. The van der Waals surface area contributed by atoms with E-state index in [2.05, 4.69) is 26.2 Å². The Labute approximate surface area is 124 Å². The lowest BCUT2D eigenvalue weighted by Gasteiger charge is -2.30. The standard InChI is InChI=1S/C12H15BrN4O3/c13-9-5-7(17(19)20)6-15-12(9)16-10-4-2-1-3-8(10)11(14)18/h5-6,8,10H,1-4H2,(H2,14,18)(H,15,16)/t8-,10+/m0/s1. The molecule has 108 valence electrons. The first-order chi connectivity index (χ1) is 9.49. The Hall–Kier alpha value is -1.70. The number of nitrogens with two attached hydrogens (primary N) is 1. The van der Waals surface area contributed by atoms with Crippen molar-refractivity contribution in [3.05, 3.63) is 26.9 Å². The van der Waals surface area contributed by atoms with Gasteiger partial charge in [0.2, 0.25) is 5.91 Å². The van der Waals surface area contributed by atoms with Gasteiger partial charge >= 0.3 is 0 Å². The van der Waals surface area contributed by atoms with Gasteiger partial charge in [0.15, 0.2) is 0 Å². The van der Waals surface area contributed by atoms with Crippen LogP contribution in [-0.2, 0) is 4.79 Å². The summed E-state index contributed by atoms with van der Waals surface area (Å²) in [6.07, 6.45) is 4.79. The van der Waals surface area contributed by atoms with E-state index >= 15 is 0 Å². The van der Waals surface area contributed by atoms with Crippen LogP contribution >= 0.6 is 15.9 Å².